The largest absolute Gasteiger partial charge is 0.481 e. The van der Waals surface area contributed by atoms with Crippen molar-refractivity contribution in [3.63, 3.8) is 0 Å². The van der Waals surface area contributed by atoms with Gasteiger partial charge in [0.1, 0.15) is 12.4 Å². The van der Waals surface area contributed by atoms with Crippen molar-refractivity contribution in [1.29, 1.82) is 0 Å². The van der Waals surface area contributed by atoms with Crippen LogP contribution in [0.1, 0.15) is 11.1 Å². The Morgan fingerprint density at radius 3 is 2.52 bits per heavy atom. The molecular weight excluding hydrogens is 264 g/mol. The van der Waals surface area contributed by atoms with E-state index in [1.54, 1.807) is 0 Å². The maximum Gasteiger partial charge on any atom is 0.310 e. The lowest BCUT2D eigenvalue weighted by Crippen LogP contribution is -2.06. The monoisotopic (exact) mass is 280 g/mol. The van der Waals surface area contributed by atoms with Crippen molar-refractivity contribution in [1.82, 2.24) is 0 Å². The minimum Gasteiger partial charge on any atom is -0.481 e. The van der Waals surface area contributed by atoms with Gasteiger partial charge in [0.15, 0.2) is 0 Å². The zero-order chi connectivity index (χ0) is 14.9. The highest BCUT2D eigenvalue weighted by atomic mass is 16.5. The lowest BCUT2D eigenvalue weighted by atomic mass is 10.1. The number of benzene rings is 2. The molecule has 0 aliphatic rings. The van der Waals surface area contributed by atoms with Crippen molar-refractivity contribution < 1.29 is 14.3 Å². The molecule has 0 N–H and O–H groups in total. The summed E-state index contributed by atoms with van der Waals surface area (Å²) in [4.78, 5) is 11.3. The summed E-state index contributed by atoms with van der Waals surface area (Å²) >= 11 is 0. The lowest BCUT2D eigenvalue weighted by molar-refractivity contribution is -0.139. The van der Waals surface area contributed by atoms with Gasteiger partial charge in [-0.2, -0.15) is 0 Å². The quantitative estimate of drug-likeness (QED) is 0.638. The Kier molecular flexibility index (Phi) is 5.42. The average molecular weight is 280 g/mol. The minimum atomic E-state index is -0.290. The standard InChI is InChI=1S/C18H16O3/c1-20-18(19)14-16-11-5-6-12-17(16)21-13-7-10-15-8-3-2-4-9-15/h2-6,8-9,11-12H,13-14H2,1H3. The summed E-state index contributed by atoms with van der Waals surface area (Å²) < 4.78 is 10.3. The van der Waals surface area contributed by atoms with Crippen LogP contribution in [0, 0.1) is 11.8 Å². The van der Waals surface area contributed by atoms with Crippen molar-refractivity contribution >= 4 is 5.97 Å². The van der Waals surface area contributed by atoms with Crippen molar-refractivity contribution in [2.45, 2.75) is 6.42 Å². The molecule has 3 heteroatoms. The van der Waals surface area contributed by atoms with Gasteiger partial charge in [-0.15, -0.1) is 0 Å². The summed E-state index contributed by atoms with van der Waals surface area (Å²) in [6.07, 6.45) is 0.193. The molecule has 0 atom stereocenters. The summed E-state index contributed by atoms with van der Waals surface area (Å²) in [5.74, 6) is 6.34. The molecule has 2 rings (SSSR count). The number of rotatable bonds is 4. The highest BCUT2D eigenvalue weighted by Gasteiger charge is 2.08. The molecule has 0 saturated heterocycles. The summed E-state index contributed by atoms with van der Waals surface area (Å²) in [7, 11) is 1.37. The van der Waals surface area contributed by atoms with Crippen LogP contribution in [0.3, 0.4) is 0 Å². The summed E-state index contributed by atoms with van der Waals surface area (Å²) in [6, 6.07) is 17.1. The first kappa shape index (κ1) is 14.7. The molecule has 0 aliphatic carbocycles. The molecule has 0 unspecified atom stereocenters. The molecule has 0 fully saturated rings. The molecule has 0 amide bonds. The first-order valence-electron chi connectivity index (χ1n) is 6.61. The van der Waals surface area contributed by atoms with E-state index in [0.717, 1.165) is 11.1 Å². The van der Waals surface area contributed by atoms with Gasteiger partial charge in [0, 0.05) is 11.1 Å². The van der Waals surface area contributed by atoms with Crippen LogP contribution < -0.4 is 4.74 Å². The second-order valence-electron chi connectivity index (χ2n) is 4.32. The first-order chi connectivity index (χ1) is 10.3. The van der Waals surface area contributed by atoms with Gasteiger partial charge in [-0.25, -0.2) is 0 Å². The predicted octanol–water partition coefficient (Wildman–Crippen LogP) is 2.83. The van der Waals surface area contributed by atoms with Crippen molar-refractivity contribution in [3.05, 3.63) is 65.7 Å². The fourth-order valence-corrected chi connectivity index (χ4v) is 1.79. The highest BCUT2D eigenvalue weighted by molar-refractivity contribution is 5.73. The molecule has 0 aromatic heterocycles. The van der Waals surface area contributed by atoms with Crippen LogP contribution >= 0.6 is 0 Å². The lowest BCUT2D eigenvalue weighted by Gasteiger charge is -2.08. The number of carbonyl (C=O) groups excluding carboxylic acids is 1. The molecule has 0 bridgehead atoms. The number of hydrogen-bond donors (Lipinski definition) is 0. The Morgan fingerprint density at radius 2 is 1.76 bits per heavy atom. The number of ether oxygens (including phenoxy) is 2. The smallest absolute Gasteiger partial charge is 0.310 e. The Balaban J connectivity index is 1.97. The molecule has 106 valence electrons. The third-order valence-corrected chi connectivity index (χ3v) is 2.84. The van der Waals surface area contributed by atoms with E-state index in [0.29, 0.717) is 5.75 Å². The van der Waals surface area contributed by atoms with Gasteiger partial charge in [0.2, 0.25) is 0 Å². The summed E-state index contributed by atoms with van der Waals surface area (Å²) in [6.45, 7) is 0.271. The maximum absolute atomic E-state index is 11.3. The molecule has 2 aromatic carbocycles. The van der Waals surface area contributed by atoms with Gasteiger partial charge in [0.25, 0.3) is 0 Å². The number of para-hydroxylation sites is 1. The van der Waals surface area contributed by atoms with Crippen LogP contribution in [0.2, 0.25) is 0 Å². The van der Waals surface area contributed by atoms with Gasteiger partial charge in [-0.3, -0.25) is 4.79 Å². The zero-order valence-electron chi connectivity index (χ0n) is 11.8. The fourth-order valence-electron chi connectivity index (χ4n) is 1.79. The van der Waals surface area contributed by atoms with Crippen LogP contribution in [0.4, 0.5) is 0 Å². The van der Waals surface area contributed by atoms with Crippen LogP contribution in [0.25, 0.3) is 0 Å². The van der Waals surface area contributed by atoms with Crippen LogP contribution in [-0.2, 0) is 16.0 Å². The van der Waals surface area contributed by atoms with E-state index in [9.17, 15) is 4.79 Å². The van der Waals surface area contributed by atoms with Crippen LogP contribution in [-0.4, -0.2) is 19.7 Å². The predicted molar refractivity (Wildman–Crippen MR) is 81.0 cm³/mol. The molecule has 0 heterocycles. The van der Waals surface area contributed by atoms with Gasteiger partial charge in [0.05, 0.1) is 13.5 Å². The molecule has 0 aliphatic heterocycles. The molecule has 0 radical (unpaired) electrons. The third-order valence-electron chi connectivity index (χ3n) is 2.84. The Hall–Kier alpha value is -2.73. The van der Waals surface area contributed by atoms with E-state index >= 15 is 0 Å². The maximum atomic E-state index is 11.3. The number of esters is 1. The van der Waals surface area contributed by atoms with E-state index in [4.69, 9.17) is 4.74 Å². The fraction of sp³-hybridized carbons (Fsp3) is 0.167. The van der Waals surface area contributed by atoms with Crippen molar-refractivity contribution in [3.8, 4) is 17.6 Å². The molecule has 3 nitrogen and oxygen atoms in total. The minimum absolute atomic E-state index is 0.193. The SMILES string of the molecule is COC(=O)Cc1ccccc1OCC#Cc1ccccc1. The van der Waals surface area contributed by atoms with E-state index in [1.165, 1.54) is 7.11 Å². The van der Waals surface area contributed by atoms with E-state index < -0.39 is 0 Å². The number of methoxy groups -OCH3 is 1. The molecule has 21 heavy (non-hydrogen) atoms. The summed E-state index contributed by atoms with van der Waals surface area (Å²) in [5, 5.41) is 0. The normalized spacial score (nSPS) is 9.38. The first-order valence-corrected chi connectivity index (χ1v) is 6.61. The van der Waals surface area contributed by atoms with E-state index in [1.807, 2.05) is 54.6 Å². The van der Waals surface area contributed by atoms with Gasteiger partial charge in [-0.1, -0.05) is 48.2 Å². The van der Waals surface area contributed by atoms with E-state index in [-0.39, 0.29) is 19.0 Å². The van der Waals surface area contributed by atoms with Crippen molar-refractivity contribution in [2.75, 3.05) is 13.7 Å². The van der Waals surface area contributed by atoms with Gasteiger partial charge >= 0.3 is 5.97 Å². The molecule has 0 saturated carbocycles. The zero-order valence-corrected chi connectivity index (χ0v) is 11.8. The van der Waals surface area contributed by atoms with Crippen molar-refractivity contribution in [2.24, 2.45) is 0 Å². The Labute approximate surface area is 124 Å². The van der Waals surface area contributed by atoms with Crippen LogP contribution in [0.5, 0.6) is 5.75 Å². The Bertz CT molecular complexity index is 651. The third kappa shape index (κ3) is 4.70. The van der Waals surface area contributed by atoms with Gasteiger partial charge in [-0.05, 0) is 18.2 Å². The molecule has 0 spiro atoms. The number of carbonyl (C=O) groups is 1. The highest BCUT2D eigenvalue weighted by Crippen LogP contribution is 2.18. The second-order valence-corrected chi connectivity index (χ2v) is 4.32. The van der Waals surface area contributed by atoms with E-state index in [2.05, 4.69) is 16.6 Å². The topological polar surface area (TPSA) is 35.5 Å². The molecule has 2 aromatic rings. The van der Waals surface area contributed by atoms with Crippen LogP contribution in [0.15, 0.2) is 54.6 Å². The molecular formula is C18H16O3. The average Bonchev–Trinajstić information content (AvgIpc) is 2.54. The summed E-state index contributed by atoms with van der Waals surface area (Å²) in [5.41, 5.74) is 1.75. The van der Waals surface area contributed by atoms with Gasteiger partial charge < -0.3 is 9.47 Å². The Morgan fingerprint density at radius 1 is 1.05 bits per heavy atom. The second kappa shape index (κ2) is 7.76. The number of hydrogen-bond acceptors (Lipinski definition) is 3.